The van der Waals surface area contributed by atoms with E-state index in [4.69, 9.17) is 5.26 Å². The molecular formula is C6H2Br2N2. The number of hydrogen-bond acceptors (Lipinski definition) is 2. The second-order valence-electron chi connectivity index (χ2n) is 1.58. The maximum Gasteiger partial charge on any atom is 0.141 e. The van der Waals surface area contributed by atoms with Crippen LogP contribution >= 0.6 is 31.9 Å². The van der Waals surface area contributed by atoms with Gasteiger partial charge < -0.3 is 0 Å². The van der Waals surface area contributed by atoms with Crippen molar-refractivity contribution in [1.29, 1.82) is 5.26 Å². The van der Waals surface area contributed by atoms with Gasteiger partial charge in [0.05, 0.1) is 4.47 Å². The molecule has 0 aromatic carbocycles. The molecular weight excluding hydrogens is 260 g/mol. The number of rotatable bonds is 0. The second kappa shape index (κ2) is 3.13. The first kappa shape index (κ1) is 7.70. The molecule has 0 bridgehead atoms. The zero-order chi connectivity index (χ0) is 7.56. The Bertz CT molecular complexity index is 290. The summed E-state index contributed by atoms with van der Waals surface area (Å²) in [6, 6.07) is 5.35. The summed E-state index contributed by atoms with van der Waals surface area (Å²) in [6.45, 7) is 0. The van der Waals surface area contributed by atoms with Crippen LogP contribution in [0.4, 0.5) is 0 Å². The fourth-order valence-corrected chi connectivity index (χ4v) is 1.02. The third-order valence-electron chi connectivity index (χ3n) is 0.918. The lowest BCUT2D eigenvalue weighted by atomic mass is 10.4. The quantitative estimate of drug-likeness (QED) is 0.673. The second-order valence-corrected chi connectivity index (χ2v) is 3.19. The third kappa shape index (κ3) is 1.55. The molecule has 0 saturated heterocycles. The minimum Gasteiger partial charge on any atom is -0.229 e. The van der Waals surface area contributed by atoms with Crippen LogP contribution in [0.15, 0.2) is 21.2 Å². The van der Waals surface area contributed by atoms with Crippen LogP contribution in [0, 0.1) is 11.3 Å². The molecule has 0 atom stereocenters. The van der Waals surface area contributed by atoms with Gasteiger partial charge in [0.2, 0.25) is 0 Å². The van der Waals surface area contributed by atoms with E-state index in [1.807, 2.05) is 6.07 Å². The summed E-state index contributed by atoms with van der Waals surface area (Å²) in [5.74, 6) is 0. The highest BCUT2D eigenvalue weighted by molar-refractivity contribution is 9.13. The predicted octanol–water partition coefficient (Wildman–Crippen LogP) is 2.48. The fourth-order valence-electron chi connectivity index (χ4n) is 0.480. The van der Waals surface area contributed by atoms with Gasteiger partial charge in [0.25, 0.3) is 0 Å². The Kier molecular flexibility index (Phi) is 2.41. The molecule has 0 radical (unpaired) electrons. The molecule has 4 heteroatoms. The van der Waals surface area contributed by atoms with Crippen molar-refractivity contribution in [3.63, 3.8) is 0 Å². The smallest absolute Gasteiger partial charge is 0.141 e. The Morgan fingerprint density at radius 2 is 2.10 bits per heavy atom. The van der Waals surface area contributed by atoms with Crippen molar-refractivity contribution in [3.8, 4) is 6.07 Å². The number of nitriles is 1. The topological polar surface area (TPSA) is 36.7 Å². The van der Waals surface area contributed by atoms with Crippen molar-refractivity contribution in [2.45, 2.75) is 0 Å². The van der Waals surface area contributed by atoms with Gasteiger partial charge >= 0.3 is 0 Å². The summed E-state index contributed by atoms with van der Waals surface area (Å²) < 4.78 is 1.51. The first-order valence-corrected chi connectivity index (χ1v) is 4.05. The minimum atomic E-state index is 0.412. The van der Waals surface area contributed by atoms with Gasteiger partial charge in [0.1, 0.15) is 16.4 Å². The Balaban J connectivity index is 3.20. The number of hydrogen-bond donors (Lipinski definition) is 0. The molecule has 0 unspecified atom stereocenters. The molecule has 0 saturated carbocycles. The van der Waals surface area contributed by atoms with Gasteiger partial charge in [-0.2, -0.15) is 5.26 Å². The van der Waals surface area contributed by atoms with Gasteiger partial charge in [-0.05, 0) is 44.0 Å². The van der Waals surface area contributed by atoms with Crippen molar-refractivity contribution in [1.82, 2.24) is 4.98 Å². The summed E-state index contributed by atoms with van der Waals surface area (Å²) in [4.78, 5) is 3.90. The average molecular weight is 262 g/mol. The third-order valence-corrected chi connectivity index (χ3v) is 2.69. The van der Waals surface area contributed by atoms with Crippen LogP contribution in [-0.2, 0) is 0 Å². The van der Waals surface area contributed by atoms with Crippen LogP contribution in [0.2, 0.25) is 0 Å². The normalized spacial score (nSPS) is 8.90. The van der Waals surface area contributed by atoms with Crippen LogP contribution in [0.1, 0.15) is 5.69 Å². The van der Waals surface area contributed by atoms with Gasteiger partial charge in [-0.3, -0.25) is 0 Å². The van der Waals surface area contributed by atoms with E-state index in [1.54, 1.807) is 12.1 Å². The molecule has 2 nitrogen and oxygen atoms in total. The summed E-state index contributed by atoms with van der Waals surface area (Å²) in [7, 11) is 0. The van der Waals surface area contributed by atoms with E-state index in [-0.39, 0.29) is 0 Å². The van der Waals surface area contributed by atoms with E-state index in [0.29, 0.717) is 10.3 Å². The monoisotopic (exact) mass is 260 g/mol. The lowest BCUT2D eigenvalue weighted by molar-refractivity contribution is 1.21. The number of halogens is 2. The Hall–Kier alpha value is -0.400. The first-order valence-electron chi connectivity index (χ1n) is 2.46. The standard InChI is InChI=1S/C6H2Br2N2/c7-5-2-1-4(3-9)10-6(5)8/h1-2H. The van der Waals surface area contributed by atoms with E-state index < -0.39 is 0 Å². The number of pyridine rings is 1. The van der Waals surface area contributed by atoms with E-state index >= 15 is 0 Å². The average Bonchev–Trinajstić information content (AvgIpc) is 1.95. The first-order chi connectivity index (χ1) is 4.74. The molecule has 1 aromatic heterocycles. The molecule has 1 heterocycles. The Morgan fingerprint density at radius 1 is 1.40 bits per heavy atom. The molecule has 1 rings (SSSR count). The minimum absolute atomic E-state index is 0.412. The lowest BCUT2D eigenvalue weighted by Gasteiger charge is -1.92. The van der Waals surface area contributed by atoms with Crippen molar-refractivity contribution in [2.24, 2.45) is 0 Å². The van der Waals surface area contributed by atoms with E-state index in [2.05, 4.69) is 36.8 Å². The fraction of sp³-hybridized carbons (Fsp3) is 0. The van der Waals surface area contributed by atoms with Gasteiger partial charge in [0.15, 0.2) is 0 Å². The van der Waals surface area contributed by atoms with Crippen LogP contribution in [0.5, 0.6) is 0 Å². The van der Waals surface area contributed by atoms with Crippen molar-refractivity contribution in [2.75, 3.05) is 0 Å². The van der Waals surface area contributed by atoms with Crippen LogP contribution in [0.25, 0.3) is 0 Å². The van der Waals surface area contributed by atoms with Crippen LogP contribution < -0.4 is 0 Å². The summed E-state index contributed by atoms with van der Waals surface area (Å²) in [5, 5.41) is 8.40. The van der Waals surface area contributed by atoms with Gasteiger partial charge in [-0.1, -0.05) is 0 Å². The highest BCUT2D eigenvalue weighted by Crippen LogP contribution is 2.19. The molecule has 0 aliphatic rings. The van der Waals surface area contributed by atoms with Crippen LogP contribution in [-0.4, -0.2) is 4.98 Å². The lowest BCUT2D eigenvalue weighted by Crippen LogP contribution is -1.82. The van der Waals surface area contributed by atoms with Crippen molar-refractivity contribution >= 4 is 31.9 Å². The highest BCUT2D eigenvalue weighted by atomic mass is 79.9. The molecule has 10 heavy (non-hydrogen) atoms. The van der Waals surface area contributed by atoms with Crippen molar-refractivity contribution < 1.29 is 0 Å². The summed E-state index contributed by atoms with van der Waals surface area (Å²) in [6.07, 6.45) is 0. The SMILES string of the molecule is N#Cc1ccc(Br)c(Br)n1. The van der Waals surface area contributed by atoms with E-state index in [1.165, 1.54) is 0 Å². The molecule has 0 spiro atoms. The van der Waals surface area contributed by atoms with Crippen molar-refractivity contribution in [3.05, 3.63) is 26.9 Å². The number of aromatic nitrogens is 1. The zero-order valence-corrected chi connectivity index (χ0v) is 7.98. The molecule has 0 N–H and O–H groups in total. The number of nitrogens with zero attached hydrogens (tertiary/aromatic N) is 2. The molecule has 1 aromatic rings. The molecule has 0 amide bonds. The Labute approximate surface area is 75.1 Å². The van der Waals surface area contributed by atoms with Gasteiger partial charge in [-0.15, -0.1) is 0 Å². The highest BCUT2D eigenvalue weighted by Gasteiger charge is 1.97. The predicted molar refractivity (Wildman–Crippen MR) is 44.4 cm³/mol. The maximum atomic E-state index is 8.40. The zero-order valence-electron chi connectivity index (χ0n) is 4.81. The molecule has 50 valence electrons. The Morgan fingerprint density at radius 3 is 2.60 bits per heavy atom. The van der Waals surface area contributed by atoms with Gasteiger partial charge in [0, 0.05) is 0 Å². The van der Waals surface area contributed by atoms with Crippen LogP contribution in [0.3, 0.4) is 0 Å². The maximum absolute atomic E-state index is 8.40. The molecule has 0 fully saturated rings. The molecule has 0 aliphatic heterocycles. The molecule has 0 aliphatic carbocycles. The largest absolute Gasteiger partial charge is 0.229 e. The van der Waals surface area contributed by atoms with E-state index in [9.17, 15) is 0 Å². The van der Waals surface area contributed by atoms with E-state index in [0.717, 1.165) is 4.47 Å². The van der Waals surface area contributed by atoms with Gasteiger partial charge in [-0.25, -0.2) is 4.98 Å². The summed E-state index contributed by atoms with van der Waals surface area (Å²) in [5.41, 5.74) is 0.412. The summed E-state index contributed by atoms with van der Waals surface area (Å²) >= 11 is 6.42.